The summed E-state index contributed by atoms with van der Waals surface area (Å²) in [6, 6.07) is 7.10. The summed E-state index contributed by atoms with van der Waals surface area (Å²) in [5.74, 6) is 0.228. The summed E-state index contributed by atoms with van der Waals surface area (Å²) in [4.78, 5) is 23.7. The van der Waals surface area contributed by atoms with E-state index in [-0.39, 0.29) is 24.7 Å². The Morgan fingerprint density at radius 3 is 2.36 bits per heavy atom. The number of amides is 2. The second kappa shape index (κ2) is 13.3. The number of rotatable bonds is 11. The molecule has 1 aromatic rings. The molecule has 0 heterocycles. The van der Waals surface area contributed by atoms with Crippen LogP contribution < -0.4 is 15.5 Å². The highest BCUT2D eigenvalue weighted by Crippen LogP contribution is 2.15. The number of hydrazone groups is 1. The molecule has 0 aliphatic carbocycles. The van der Waals surface area contributed by atoms with Crippen molar-refractivity contribution in [3.8, 4) is 5.75 Å². The zero-order valence-electron chi connectivity index (χ0n) is 17.2. The largest absolute Gasteiger partial charge is 0.494 e. The van der Waals surface area contributed by atoms with Gasteiger partial charge in [-0.3, -0.25) is 9.59 Å². The van der Waals surface area contributed by atoms with Gasteiger partial charge in [0.25, 0.3) is 0 Å². The van der Waals surface area contributed by atoms with Crippen LogP contribution in [0.1, 0.15) is 53.4 Å². The molecule has 0 aromatic heterocycles. The van der Waals surface area contributed by atoms with Gasteiger partial charge in [-0.15, -0.1) is 0 Å². The van der Waals surface area contributed by atoms with Gasteiger partial charge in [-0.2, -0.15) is 5.10 Å². The standard InChI is InChI=1S/C22H31N3O3/c1-5-28-20-11-9-19(10-12-20)24-21(26)13-14-22(27)25-23-16-15-18(4)8-6-7-17(2)3/h7,9-12,15-16H,5-6,8,13-14H2,1-4H3,(H,24,26)(H,25,27). The van der Waals surface area contributed by atoms with E-state index in [1.165, 1.54) is 11.1 Å². The van der Waals surface area contributed by atoms with Gasteiger partial charge in [0, 0.05) is 24.7 Å². The van der Waals surface area contributed by atoms with Gasteiger partial charge in [-0.1, -0.05) is 17.2 Å². The van der Waals surface area contributed by atoms with Crippen LogP contribution in [0.2, 0.25) is 0 Å². The highest BCUT2D eigenvalue weighted by atomic mass is 16.5. The molecule has 1 aromatic carbocycles. The first-order chi connectivity index (χ1) is 13.4. The minimum Gasteiger partial charge on any atom is -0.494 e. The van der Waals surface area contributed by atoms with Crippen LogP contribution in [0.15, 0.2) is 52.7 Å². The third-order valence-electron chi connectivity index (χ3n) is 3.74. The first-order valence-electron chi connectivity index (χ1n) is 9.54. The van der Waals surface area contributed by atoms with Gasteiger partial charge in [0.05, 0.1) is 6.61 Å². The number of carbonyl (C=O) groups is 2. The number of nitrogens with zero attached hydrogens (tertiary/aromatic N) is 1. The maximum atomic E-state index is 11.9. The van der Waals surface area contributed by atoms with E-state index in [1.54, 1.807) is 30.5 Å². The predicted octanol–water partition coefficient (Wildman–Crippen LogP) is 4.60. The molecule has 0 atom stereocenters. The smallest absolute Gasteiger partial charge is 0.240 e. The molecule has 0 spiro atoms. The Hall–Kier alpha value is -2.89. The molecule has 6 nitrogen and oxygen atoms in total. The summed E-state index contributed by atoms with van der Waals surface area (Å²) >= 11 is 0. The number of anilines is 1. The lowest BCUT2D eigenvalue weighted by Crippen LogP contribution is -2.20. The molecular formula is C22H31N3O3. The number of nitrogens with one attached hydrogen (secondary N) is 2. The molecule has 0 unspecified atom stereocenters. The van der Waals surface area contributed by atoms with E-state index in [4.69, 9.17) is 4.74 Å². The average Bonchev–Trinajstić information content (AvgIpc) is 2.65. The minimum absolute atomic E-state index is 0.0729. The fourth-order valence-corrected chi connectivity index (χ4v) is 2.25. The molecule has 0 bridgehead atoms. The van der Waals surface area contributed by atoms with Crippen LogP contribution in [0.3, 0.4) is 0 Å². The molecule has 0 aliphatic heterocycles. The molecule has 0 saturated carbocycles. The van der Waals surface area contributed by atoms with Crippen LogP contribution in [-0.2, 0) is 9.59 Å². The van der Waals surface area contributed by atoms with Crippen molar-refractivity contribution in [2.24, 2.45) is 5.10 Å². The SMILES string of the molecule is CCOc1ccc(NC(=O)CCC(=O)NN=CC=C(C)CCC=C(C)C)cc1. The molecule has 2 amide bonds. The van der Waals surface area contributed by atoms with Crippen molar-refractivity contribution in [3.05, 3.63) is 47.6 Å². The van der Waals surface area contributed by atoms with E-state index < -0.39 is 0 Å². The molecule has 0 fully saturated rings. The van der Waals surface area contributed by atoms with E-state index >= 15 is 0 Å². The van der Waals surface area contributed by atoms with Gasteiger partial charge in [0.2, 0.25) is 11.8 Å². The van der Waals surface area contributed by atoms with Crippen LogP contribution in [0.25, 0.3) is 0 Å². The van der Waals surface area contributed by atoms with Gasteiger partial charge in [-0.05, 0) is 70.9 Å². The van der Waals surface area contributed by atoms with Crippen LogP contribution in [-0.4, -0.2) is 24.6 Å². The molecule has 0 saturated heterocycles. The summed E-state index contributed by atoms with van der Waals surface area (Å²) in [7, 11) is 0. The maximum absolute atomic E-state index is 11.9. The zero-order valence-corrected chi connectivity index (χ0v) is 17.2. The van der Waals surface area contributed by atoms with Crippen molar-refractivity contribution in [2.75, 3.05) is 11.9 Å². The lowest BCUT2D eigenvalue weighted by atomic mass is 10.1. The fraction of sp³-hybridized carbons (Fsp3) is 0.409. The lowest BCUT2D eigenvalue weighted by Gasteiger charge is -2.07. The Morgan fingerprint density at radius 2 is 1.71 bits per heavy atom. The van der Waals surface area contributed by atoms with Crippen LogP contribution in [0.5, 0.6) is 5.75 Å². The molecule has 0 radical (unpaired) electrons. The zero-order chi connectivity index (χ0) is 20.8. The van der Waals surface area contributed by atoms with E-state index in [0.717, 1.165) is 18.6 Å². The van der Waals surface area contributed by atoms with Crippen molar-refractivity contribution < 1.29 is 14.3 Å². The average molecular weight is 386 g/mol. The van der Waals surface area contributed by atoms with Gasteiger partial charge in [0.1, 0.15) is 5.75 Å². The number of ether oxygens (including phenoxy) is 1. The molecule has 6 heteroatoms. The van der Waals surface area contributed by atoms with E-state index in [2.05, 4.69) is 35.8 Å². The fourth-order valence-electron chi connectivity index (χ4n) is 2.25. The Bertz CT molecular complexity index is 715. The normalized spacial score (nSPS) is 11.2. The minimum atomic E-state index is -0.298. The number of carbonyl (C=O) groups excluding carboxylic acids is 2. The Labute approximate surface area is 167 Å². The van der Waals surface area contributed by atoms with E-state index in [0.29, 0.717) is 12.3 Å². The number of hydrogen-bond acceptors (Lipinski definition) is 4. The quantitative estimate of drug-likeness (QED) is 0.332. The van der Waals surface area contributed by atoms with Gasteiger partial charge >= 0.3 is 0 Å². The molecule has 2 N–H and O–H groups in total. The van der Waals surface area contributed by atoms with Crippen molar-refractivity contribution in [3.63, 3.8) is 0 Å². The lowest BCUT2D eigenvalue weighted by molar-refractivity contribution is -0.124. The second-order valence-electron chi connectivity index (χ2n) is 6.65. The van der Waals surface area contributed by atoms with Gasteiger partial charge in [-0.25, -0.2) is 5.43 Å². The molecule has 0 aliphatic rings. The first kappa shape index (κ1) is 23.1. The third kappa shape index (κ3) is 11.0. The summed E-state index contributed by atoms with van der Waals surface area (Å²) in [5, 5.41) is 6.63. The Kier molecular flexibility index (Phi) is 11.0. The summed E-state index contributed by atoms with van der Waals surface area (Å²) in [5.41, 5.74) is 5.59. The van der Waals surface area contributed by atoms with E-state index in [9.17, 15) is 9.59 Å². The maximum Gasteiger partial charge on any atom is 0.240 e. The number of hydrogen-bond donors (Lipinski definition) is 2. The first-order valence-corrected chi connectivity index (χ1v) is 9.54. The van der Waals surface area contributed by atoms with E-state index in [1.807, 2.05) is 19.9 Å². The van der Waals surface area contributed by atoms with Crippen molar-refractivity contribution in [1.29, 1.82) is 0 Å². The molecular weight excluding hydrogens is 354 g/mol. The van der Waals surface area contributed by atoms with Crippen LogP contribution >= 0.6 is 0 Å². The Balaban J connectivity index is 2.28. The second-order valence-corrected chi connectivity index (χ2v) is 6.65. The summed E-state index contributed by atoms with van der Waals surface area (Å²) in [6.45, 7) is 8.68. The Morgan fingerprint density at radius 1 is 1.04 bits per heavy atom. The van der Waals surface area contributed by atoms with Crippen molar-refractivity contribution in [2.45, 2.75) is 53.4 Å². The van der Waals surface area contributed by atoms with Crippen LogP contribution in [0.4, 0.5) is 5.69 Å². The predicted molar refractivity (Wildman–Crippen MR) is 115 cm³/mol. The van der Waals surface area contributed by atoms with Crippen molar-refractivity contribution in [1.82, 2.24) is 5.43 Å². The van der Waals surface area contributed by atoms with Gasteiger partial charge < -0.3 is 10.1 Å². The number of benzene rings is 1. The highest BCUT2D eigenvalue weighted by Gasteiger charge is 2.06. The van der Waals surface area contributed by atoms with Crippen LogP contribution in [0, 0.1) is 0 Å². The summed E-state index contributed by atoms with van der Waals surface area (Å²) < 4.78 is 5.35. The molecule has 152 valence electrons. The molecule has 28 heavy (non-hydrogen) atoms. The number of allylic oxidation sites excluding steroid dienone is 4. The summed E-state index contributed by atoms with van der Waals surface area (Å²) in [6.07, 6.45) is 7.74. The molecule has 1 rings (SSSR count). The highest BCUT2D eigenvalue weighted by molar-refractivity contribution is 5.93. The monoisotopic (exact) mass is 385 g/mol. The van der Waals surface area contributed by atoms with Gasteiger partial charge in [0.15, 0.2) is 0 Å². The topological polar surface area (TPSA) is 79.8 Å². The van der Waals surface area contributed by atoms with Crippen molar-refractivity contribution >= 4 is 23.7 Å². The third-order valence-corrected chi connectivity index (χ3v) is 3.74.